The molecule has 2 heterocycles. The molecule has 178 valence electrons. The van der Waals surface area contributed by atoms with Crippen LogP contribution >= 0.6 is 0 Å². The second kappa shape index (κ2) is 12.3. The van der Waals surface area contributed by atoms with Crippen molar-refractivity contribution in [3.63, 3.8) is 0 Å². The van der Waals surface area contributed by atoms with Crippen molar-refractivity contribution < 1.29 is 39.2 Å². The van der Waals surface area contributed by atoms with Gasteiger partial charge in [0.05, 0.1) is 13.2 Å². The molecule has 14 heteroatoms. The van der Waals surface area contributed by atoms with Crippen LogP contribution in [0.25, 0.3) is 0 Å². The molecular formula is C16H40O9Si5. The van der Waals surface area contributed by atoms with Crippen LogP contribution in [0.3, 0.4) is 0 Å². The largest absolute Gasteiger partial charge is 0.500 e. The molecule has 0 radical (unpaired) electrons. The van der Waals surface area contributed by atoms with Crippen LogP contribution in [-0.4, -0.2) is 91.7 Å². The highest BCUT2D eigenvalue weighted by Crippen LogP contribution is 2.31. The Morgan fingerprint density at radius 3 is 1.97 bits per heavy atom. The van der Waals surface area contributed by atoms with Crippen molar-refractivity contribution in [1.82, 2.24) is 0 Å². The van der Waals surface area contributed by atoms with Gasteiger partial charge in [0.25, 0.3) is 18.6 Å². The lowest BCUT2D eigenvalue weighted by Gasteiger charge is -2.43. The van der Waals surface area contributed by atoms with Crippen LogP contribution in [0.5, 0.6) is 0 Å². The molecular weight excluding hydrogens is 477 g/mol. The normalized spacial score (nSPS) is 35.1. The maximum atomic E-state index is 6.80. The van der Waals surface area contributed by atoms with Crippen LogP contribution in [0.4, 0.5) is 0 Å². The molecule has 0 aromatic heterocycles. The first kappa shape index (κ1) is 27.0. The van der Waals surface area contributed by atoms with Crippen molar-refractivity contribution in [3.05, 3.63) is 0 Å². The highest BCUT2D eigenvalue weighted by atomic mass is 28.5. The minimum atomic E-state index is -2.60. The van der Waals surface area contributed by atoms with Gasteiger partial charge in [-0.3, -0.25) is 0 Å². The van der Waals surface area contributed by atoms with Gasteiger partial charge in [-0.2, -0.15) is 0 Å². The molecule has 0 aromatic rings. The Hall–Kier alpha value is 0.724. The lowest BCUT2D eigenvalue weighted by molar-refractivity contribution is 0.115. The molecule has 0 amide bonds. The highest BCUT2D eigenvalue weighted by Gasteiger charge is 2.48. The van der Waals surface area contributed by atoms with Gasteiger partial charge < -0.3 is 39.2 Å². The van der Waals surface area contributed by atoms with Crippen molar-refractivity contribution in [2.75, 3.05) is 41.2 Å². The summed E-state index contributed by atoms with van der Waals surface area (Å²) in [5.74, 6) is 0. The Kier molecular flexibility index (Phi) is 11.0. The van der Waals surface area contributed by atoms with Crippen molar-refractivity contribution in [1.29, 1.82) is 0 Å². The van der Waals surface area contributed by atoms with E-state index in [9.17, 15) is 0 Å². The first-order chi connectivity index (χ1) is 14.2. The molecule has 0 spiro atoms. The Morgan fingerprint density at radius 1 is 0.933 bits per heavy atom. The minimum absolute atomic E-state index is 0.296. The maximum absolute atomic E-state index is 6.80. The predicted molar refractivity (Wildman–Crippen MR) is 125 cm³/mol. The Labute approximate surface area is 188 Å². The number of hydrogen-bond acceptors (Lipinski definition) is 9. The summed E-state index contributed by atoms with van der Waals surface area (Å²) in [5.41, 5.74) is 0. The fourth-order valence-electron chi connectivity index (χ4n) is 3.81. The fourth-order valence-corrected chi connectivity index (χ4v) is 23.4. The molecule has 2 aliphatic rings. The lowest BCUT2D eigenvalue weighted by Crippen LogP contribution is -2.59. The van der Waals surface area contributed by atoms with Gasteiger partial charge in [-0.1, -0.05) is 0 Å². The SMILES string of the molecule is CO[Si](CCC[Si]1(C)O[SiH](C)O[SiH](C)O[Si](C)(CCCOCC2CO2)O1)(OC)OC. The second-order valence-corrected chi connectivity index (χ2v) is 22.8. The maximum Gasteiger partial charge on any atom is 0.500 e. The van der Waals surface area contributed by atoms with Gasteiger partial charge in [-0.05, 0) is 51.1 Å². The number of hydrogen-bond donors (Lipinski definition) is 0. The van der Waals surface area contributed by atoms with Crippen molar-refractivity contribution >= 4 is 44.5 Å². The summed E-state index contributed by atoms with van der Waals surface area (Å²) in [4.78, 5) is 0. The van der Waals surface area contributed by atoms with Gasteiger partial charge >= 0.3 is 25.9 Å². The Bertz CT molecular complexity index is 505. The van der Waals surface area contributed by atoms with Crippen molar-refractivity contribution in [2.24, 2.45) is 0 Å². The molecule has 5 atom stereocenters. The van der Waals surface area contributed by atoms with Gasteiger partial charge in [0.15, 0.2) is 0 Å². The molecule has 30 heavy (non-hydrogen) atoms. The summed E-state index contributed by atoms with van der Waals surface area (Å²) in [6, 6.07) is 2.42. The van der Waals surface area contributed by atoms with Gasteiger partial charge in [0.2, 0.25) is 0 Å². The molecule has 0 aromatic carbocycles. The van der Waals surface area contributed by atoms with Crippen LogP contribution < -0.4 is 0 Å². The average molecular weight is 517 g/mol. The topological polar surface area (TPSA) is 86.4 Å². The van der Waals surface area contributed by atoms with Crippen LogP contribution in [0.2, 0.25) is 44.3 Å². The van der Waals surface area contributed by atoms with Gasteiger partial charge in [-0.25, -0.2) is 0 Å². The molecule has 0 bridgehead atoms. The van der Waals surface area contributed by atoms with Crippen LogP contribution in [0.1, 0.15) is 12.8 Å². The average Bonchev–Trinajstić information content (AvgIpc) is 3.48. The first-order valence-electron chi connectivity index (χ1n) is 10.7. The molecule has 0 N–H and O–H groups in total. The standard InChI is InChI=1S/C16H40O9Si5/c1-17-30(18-2,19-3)13-9-12-29(7)24-27(5)22-26(4)23-28(6,25-29)11-8-10-20-14-16-15-21-16/h16,26-27H,8-15H2,1-7H3. The van der Waals surface area contributed by atoms with E-state index >= 15 is 0 Å². The van der Waals surface area contributed by atoms with Gasteiger partial charge in [0.1, 0.15) is 6.10 Å². The highest BCUT2D eigenvalue weighted by molar-refractivity contribution is 6.86. The van der Waals surface area contributed by atoms with E-state index in [2.05, 4.69) is 26.2 Å². The molecule has 2 saturated heterocycles. The Morgan fingerprint density at radius 2 is 1.47 bits per heavy atom. The lowest BCUT2D eigenvalue weighted by atomic mass is 10.5. The molecule has 0 saturated carbocycles. The summed E-state index contributed by atoms with van der Waals surface area (Å²) in [6.07, 6.45) is 2.05. The first-order valence-corrected chi connectivity index (χ1v) is 21.9. The van der Waals surface area contributed by atoms with Gasteiger partial charge in [-0.15, -0.1) is 0 Å². The molecule has 2 fully saturated rings. The zero-order valence-corrected chi connectivity index (χ0v) is 24.9. The van der Waals surface area contributed by atoms with Crippen LogP contribution in [0, 0.1) is 0 Å². The van der Waals surface area contributed by atoms with Crippen molar-refractivity contribution in [3.8, 4) is 0 Å². The van der Waals surface area contributed by atoms with Crippen LogP contribution in [-0.2, 0) is 39.2 Å². The zero-order valence-electron chi connectivity index (χ0n) is 19.6. The molecule has 2 aliphatic heterocycles. The van der Waals surface area contributed by atoms with E-state index in [-0.39, 0.29) is 0 Å². The van der Waals surface area contributed by atoms with Gasteiger partial charge in [0, 0.05) is 34.0 Å². The summed E-state index contributed by atoms with van der Waals surface area (Å²) in [5, 5.41) is 0. The number of epoxide rings is 1. The molecule has 9 nitrogen and oxygen atoms in total. The minimum Gasteiger partial charge on any atom is -0.420 e. The van der Waals surface area contributed by atoms with E-state index in [0.717, 1.165) is 37.6 Å². The number of rotatable bonds is 13. The molecule has 0 aliphatic carbocycles. The molecule has 5 unspecified atom stereocenters. The monoisotopic (exact) mass is 516 g/mol. The van der Waals surface area contributed by atoms with E-state index < -0.39 is 44.5 Å². The zero-order chi connectivity index (χ0) is 22.3. The van der Waals surface area contributed by atoms with Crippen LogP contribution in [0.15, 0.2) is 0 Å². The van der Waals surface area contributed by atoms with E-state index in [1.807, 2.05) is 0 Å². The summed E-state index contributed by atoms with van der Waals surface area (Å²) in [7, 11) is -6.12. The quantitative estimate of drug-likeness (QED) is 0.207. The van der Waals surface area contributed by atoms with E-state index in [4.69, 9.17) is 39.2 Å². The van der Waals surface area contributed by atoms with E-state index in [0.29, 0.717) is 19.3 Å². The number of ether oxygens (including phenoxy) is 2. The predicted octanol–water partition coefficient (Wildman–Crippen LogP) is 1.98. The van der Waals surface area contributed by atoms with Crippen molar-refractivity contribution in [2.45, 2.75) is 63.3 Å². The summed E-state index contributed by atoms with van der Waals surface area (Å²) < 4.78 is 53.5. The molecule has 2 rings (SSSR count). The third-order valence-electron chi connectivity index (χ3n) is 5.32. The third kappa shape index (κ3) is 8.93. The third-order valence-corrected chi connectivity index (χ3v) is 23.8. The fraction of sp³-hybridized carbons (Fsp3) is 1.00. The smallest absolute Gasteiger partial charge is 0.420 e. The summed E-state index contributed by atoms with van der Waals surface area (Å²) in [6.45, 7) is 10.6. The van der Waals surface area contributed by atoms with E-state index in [1.165, 1.54) is 0 Å². The summed E-state index contributed by atoms with van der Waals surface area (Å²) >= 11 is 0. The van der Waals surface area contributed by atoms with E-state index in [1.54, 1.807) is 21.3 Å². The Balaban J connectivity index is 1.94. The second-order valence-electron chi connectivity index (χ2n) is 8.16.